The zero-order chi connectivity index (χ0) is 21.7. The fraction of sp³-hybridized carbons (Fsp3) is 0.524. The van der Waals surface area contributed by atoms with Gasteiger partial charge < -0.3 is 30.3 Å². The van der Waals surface area contributed by atoms with E-state index in [4.69, 9.17) is 14.6 Å². The minimum atomic E-state index is -0.871. The maximum Gasteiger partial charge on any atom is 0.247 e. The molecule has 0 bridgehead atoms. The van der Waals surface area contributed by atoms with E-state index in [0.29, 0.717) is 38.5 Å². The molecule has 0 spiro atoms. The molecule has 164 valence electrons. The maximum atomic E-state index is 12.5. The summed E-state index contributed by atoms with van der Waals surface area (Å²) in [6.45, 7) is 0.793. The molecule has 1 saturated carbocycles. The van der Waals surface area contributed by atoms with Gasteiger partial charge in [-0.2, -0.15) is 0 Å². The van der Waals surface area contributed by atoms with Gasteiger partial charge in [-0.25, -0.2) is 0 Å². The van der Waals surface area contributed by atoms with E-state index in [1.165, 1.54) is 20.0 Å². The number of aldehydes is 1. The van der Waals surface area contributed by atoms with Gasteiger partial charge in [0.25, 0.3) is 0 Å². The number of halogens is 1. The lowest BCUT2D eigenvalue weighted by Crippen LogP contribution is -2.52. The van der Waals surface area contributed by atoms with E-state index < -0.39 is 12.2 Å². The molecule has 3 unspecified atom stereocenters. The van der Waals surface area contributed by atoms with Gasteiger partial charge in [0.2, 0.25) is 5.91 Å². The smallest absolute Gasteiger partial charge is 0.247 e. The Bertz CT molecular complexity index is 811. The number of hydrogen-bond donors (Lipinski definition) is 4. The molecular weight excluding hydrogens is 503 g/mol. The van der Waals surface area contributed by atoms with E-state index in [1.54, 1.807) is 18.2 Å². The third kappa shape index (κ3) is 5.71. The van der Waals surface area contributed by atoms with Crippen molar-refractivity contribution in [2.75, 3.05) is 26.8 Å². The normalized spacial score (nSPS) is 23.5. The first-order valence-corrected chi connectivity index (χ1v) is 11.0. The number of methoxy groups -OCH3 is 1. The van der Waals surface area contributed by atoms with Crippen molar-refractivity contribution < 1.29 is 29.3 Å². The van der Waals surface area contributed by atoms with Crippen LogP contribution in [-0.4, -0.2) is 67.5 Å². The summed E-state index contributed by atoms with van der Waals surface area (Å²) in [5.74, 6) is 1.11. The Morgan fingerprint density at radius 3 is 2.77 bits per heavy atom. The van der Waals surface area contributed by atoms with E-state index in [1.807, 2.05) is 22.6 Å². The highest BCUT2D eigenvalue weighted by Gasteiger charge is 2.37. The highest BCUT2D eigenvalue weighted by molar-refractivity contribution is 14.1. The summed E-state index contributed by atoms with van der Waals surface area (Å²) in [4.78, 5) is 23.7. The summed E-state index contributed by atoms with van der Waals surface area (Å²) < 4.78 is 12.1. The molecule has 1 aromatic carbocycles. The Labute approximate surface area is 189 Å². The van der Waals surface area contributed by atoms with Gasteiger partial charge in [-0.1, -0.05) is 0 Å². The lowest BCUT2D eigenvalue weighted by Gasteiger charge is -2.34. The van der Waals surface area contributed by atoms with Crippen LogP contribution >= 0.6 is 22.6 Å². The monoisotopic (exact) mass is 530 g/mol. The zero-order valence-electron chi connectivity index (χ0n) is 16.8. The molecular formula is C21H27IN2O6. The highest BCUT2D eigenvalue weighted by atomic mass is 127. The molecule has 1 aromatic rings. The van der Waals surface area contributed by atoms with Crippen LogP contribution in [-0.2, 0) is 4.79 Å². The summed E-state index contributed by atoms with van der Waals surface area (Å²) in [6.07, 6.45) is 3.41. The second-order valence-corrected chi connectivity index (χ2v) is 8.72. The van der Waals surface area contributed by atoms with Crippen molar-refractivity contribution in [1.82, 2.24) is 10.6 Å². The van der Waals surface area contributed by atoms with Crippen molar-refractivity contribution in [2.45, 2.75) is 37.5 Å². The van der Waals surface area contributed by atoms with Crippen LogP contribution in [0.3, 0.4) is 0 Å². The minimum absolute atomic E-state index is 0.149. The fourth-order valence-electron chi connectivity index (χ4n) is 3.40. The lowest BCUT2D eigenvalue weighted by molar-refractivity contribution is -0.118. The molecule has 0 radical (unpaired) electrons. The van der Waals surface area contributed by atoms with Gasteiger partial charge in [0.15, 0.2) is 11.5 Å². The van der Waals surface area contributed by atoms with Gasteiger partial charge in [0, 0.05) is 23.7 Å². The molecule has 9 heteroatoms. The zero-order valence-corrected chi connectivity index (χ0v) is 18.9. The average Bonchev–Trinajstić information content (AvgIpc) is 3.57. The lowest BCUT2D eigenvalue weighted by atomic mass is 9.89. The summed E-state index contributed by atoms with van der Waals surface area (Å²) in [6, 6.07) is 2.90. The molecule has 2 aliphatic rings. The summed E-state index contributed by atoms with van der Waals surface area (Å²) in [7, 11) is 1.48. The van der Waals surface area contributed by atoms with E-state index in [2.05, 4.69) is 10.6 Å². The number of aliphatic hydroxyl groups is 2. The summed E-state index contributed by atoms with van der Waals surface area (Å²) in [5.41, 5.74) is 0.946. The average molecular weight is 530 g/mol. The second-order valence-electron chi connectivity index (χ2n) is 7.56. The van der Waals surface area contributed by atoms with Crippen molar-refractivity contribution >= 4 is 34.8 Å². The van der Waals surface area contributed by atoms with Crippen LogP contribution in [0.4, 0.5) is 0 Å². The van der Waals surface area contributed by atoms with Crippen molar-refractivity contribution in [1.29, 1.82) is 0 Å². The largest absolute Gasteiger partial charge is 0.493 e. The van der Waals surface area contributed by atoms with Gasteiger partial charge in [-0.05, 0) is 72.5 Å². The van der Waals surface area contributed by atoms with Crippen molar-refractivity contribution in [3.05, 3.63) is 32.9 Å². The molecule has 0 heterocycles. The Hall–Kier alpha value is -1.69. The molecule has 0 aromatic heterocycles. The molecule has 1 amide bonds. The van der Waals surface area contributed by atoms with Crippen LogP contribution in [0, 0.1) is 9.49 Å². The van der Waals surface area contributed by atoms with Gasteiger partial charge >= 0.3 is 0 Å². The highest BCUT2D eigenvalue weighted by Crippen LogP contribution is 2.36. The molecule has 4 N–H and O–H groups in total. The Morgan fingerprint density at radius 1 is 1.37 bits per heavy atom. The van der Waals surface area contributed by atoms with E-state index in [9.17, 15) is 14.7 Å². The van der Waals surface area contributed by atoms with Crippen molar-refractivity contribution in [3.63, 3.8) is 0 Å². The number of amides is 1. The van der Waals surface area contributed by atoms with Gasteiger partial charge in [-0.15, -0.1) is 0 Å². The molecule has 3 rings (SSSR count). The number of aliphatic hydroxyl groups excluding tert-OH is 2. The first-order chi connectivity index (χ1) is 14.5. The van der Waals surface area contributed by atoms with Crippen LogP contribution < -0.4 is 20.1 Å². The molecule has 1 fully saturated rings. The van der Waals surface area contributed by atoms with Crippen LogP contribution in [0.2, 0.25) is 0 Å². The number of benzene rings is 1. The first kappa shape index (κ1) is 23.0. The number of hydrogen-bond acceptors (Lipinski definition) is 7. The number of carbonyl (C=O) groups is 2. The summed E-state index contributed by atoms with van der Waals surface area (Å²) >= 11 is 2.05. The third-order valence-corrected chi connectivity index (χ3v) is 6.05. The van der Waals surface area contributed by atoms with E-state index >= 15 is 0 Å². The number of carbonyl (C=O) groups excluding carboxylic acids is 2. The minimum Gasteiger partial charge on any atom is -0.493 e. The Balaban J connectivity index is 1.85. The van der Waals surface area contributed by atoms with Crippen molar-refractivity contribution in [2.24, 2.45) is 5.92 Å². The maximum absolute atomic E-state index is 12.5. The van der Waals surface area contributed by atoms with Crippen molar-refractivity contribution in [3.8, 4) is 11.5 Å². The number of ether oxygens (including phenoxy) is 2. The number of nitrogens with one attached hydrogen (secondary N) is 2. The van der Waals surface area contributed by atoms with Gasteiger partial charge in [-0.3, -0.25) is 9.59 Å². The first-order valence-electron chi connectivity index (χ1n) is 9.97. The molecule has 8 nitrogen and oxygen atoms in total. The van der Waals surface area contributed by atoms with Crippen LogP contribution in [0.1, 0.15) is 29.6 Å². The standard InChI is InChI=1S/C21H27IN2O6/c1-29-18-7-13(11-26)6-15(22)20(18)30-17-9-14(21(28)23-4-5-25)8-16(19(17)27)24-10-12-2-3-12/h6-7,9,11-12,16-17,19,24-25,27H,2-5,8,10H2,1H3,(H,23,28). The summed E-state index contributed by atoms with van der Waals surface area (Å²) in [5, 5.41) is 26.0. The van der Waals surface area contributed by atoms with Gasteiger partial charge in [0.05, 0.1) is 17.3 Å². The Morgan fingerprint density at radius 2 is 2.13 bits per heavy atom. The topological polar surface area (TPSA) is 117 Å². The molecule has 0 aliphatic heterocycles. The SMILES string of the molecule is COc1cc(C=O)cc(I)c1OC1C=C(C(=O)NCCO)CC(NCC2CC2)C1O. The van der Waals surface area contributed by atoms with E-state index in [-0.39, 0.29) is 25.1 Å². The Kier molecular flexibility index (Phi) is 8.09. The molecule has 3 atom stereocenters. The van der Waals surface area contributed by atoms with Crippen LogP contribution in [0.25, 0.3) is 0 Å². The third-order valence-electron chi connectivity index (χ3n) is 5.25. The van der Waals surface area contributed by atoms with Gasteiger partial charge in [0.1, 0.15) is 18.5 Å². The number of rotatable bonds is 10. The molecule has 30 heavy (non-hydrogen) atoms. The van der Waals surface area contributed by atoms with Crippen LogP contribution in [0.15, 0.2) is 23.8 Å². The fourth-order valence-corrected chi connectivity index (χ4v) is 4.15. The molecule has 2 aliphatic carbocycles. The quantitative estimate of drug-likeness (QED) is 0.264. The second kappa shape index (κ2) is 10.6. The molecule has 0 saturated heterocycles. The predicted molar refractivity (Wildman–Crippen MR) is 119 cm³/mol. The van der Waals surface area contributed by atoms with E-state index in [0.717, 1.165) is 12.8 Å². The predicted octanol–water partition coefficient (Wildman–Crippen LogP) is 1.03. The van der Waals surface area contributed by atoms with Crippen LogP contribution in [0.5, 0.6) is 11.5 Å².